The highest BCUT2D eigenvalue weighted by molar-refractivity contribution is 7.99. The van der Waals surface area contributed by atoms with E-state index in [2.05, 4.69) is 22.5 Å². The Morgan fingerprint density at radius 1 is 1.32 bits per heavy atom. The van der Waals surface area contributed by atoms with Crippen molar-refractivity contribution in [3.05, 3.63) is 54.0 Å². The molecule has 6 heteroatoms. The molecule has 2 aromatic rings. The summed E-state index contributed by atoms with van der Waals surface area (Å²) in [6, 6.07) is 9.75. The Morgan fingerprint density at radius 3 is 2.86 bits per heavy atom. The summed E-state index contributed by atoms with van der Waals surface area (Å²) in [6.45, 7) is 2.50. The summed E-state index contributed by atoms with van der Waals surface area (Å²) in [5, 5.41) is 6.38. The van der Waals surface area contributed by atoms with Crippen LogP contribution in [0.4, 0.5) is 14.9 Å². The third-order valence-corrected chi connectivity index (χ3v) is 3.70. The molecule has 22 heavy (non-hydrogen) atoms. The number of rotatable bonds is 6. The van der Waals surface area contributed by atoms with E-state index in [1.54, 1.807) is 24.0 Å². The van der Waals surface area contributed by atoms with Gasteiger partial charge in [0.05, 0.1) is 16.9 Å². The molecule has 0 fully saturated rings. The van der Waals surface area contributed by atoms with Gasteiger partial charge in [0, 0.05) is 6.54 Å². The van der Waals surface area contributed by atoms with Gasteiger partial charge in [0.25, 0.3) is 0 Å². The molecular weight excluding hydrogens is 301 g/mol. The second-order valence-corrected chi connectivity index (χ2v) is 5.86. The zero-order chi connectivity index (χ0) is 15.8. The van der Waals surface area contributed by atoms with Crippen LogP contribution >= 0.6 is 11.8 Å². The fraction of sp³-hybridized carbons (Fsp3) is 0.250. The molecule has 1 aromatic heterocycles. The lowest BCUT2D eigenvalue weighted by atomic mass is 10.1. The first-order valence-corrected chi connectivity index (χ1v) is 8.04. The number of urea groups is 1. The Labute approximate surface area is 133 Å². The minimum atomic E-state index is -0.297. The van der Waals surface area contributed by atoms with Crippen molar-refractivity contribution < 1.29 is 9.18 Å². The van der Waals surface area contributed by atoms with Crippen LogP contribution < -0.4 is 10.6 Å². The van der Waals surface area contributed by atoms with Crippen LogP contribution in [-0.2, 0) is 6.42 Å². The van der Waals surface area contributed by atoms with E-state index in [0.29, 0.717) is 18.7 Å². The molecule has 0 radical (unpaired) electrons. The van der Waals surface area contributed by atoms with Gasteiger partial charge in [-0.2, -0.15) is 0 Å². The van der Waals surface area contributed by atoms with Crippen LogP contribution in [0.25, 0.3) is 0 Å². The van der Waals surface area contributed by atoms with Crippen molar-refractivity contribution in [2.24, 2.45) is 0 Å². The van der Waals surface area contributed by atoms with E-state index in [1.165, 1.54) is 12.1 Å². The number of thioether (sulfide) groups is 1. The van der Waals surface area contributed by atoms with Gasteiger partial charge >= 0.3 is 6.03 Å². The number of amides is 2. The van der Waals surface area contributed by atoms with Crippen LogP contribution in [0.3, 0.4) is 0 Å². The van der Waals surface area contributed by atoms with E-state index in [1.807, 2.05) is 18.2 Å². The topological polar surface area (TPSA) is 54.0 Å². The number of nitrogens with zero attached hydrogens (tertiary/aromatic N) is 1. The number of anilines is 1. The molecule has 0 aliphatic rings. The predicted molar refractivity (Wildman–Crippen MR) is 87.8 cm³/mol. The van der Waals surface area contributed by atoms with Crippen LogP contribution in [0.1, 0.15) is 12.5 Å². The number of carbonyl (C=O) groups excluding carboxylic acids is 1. The number of aromatic nitrogens is 1. The third-order valence-electron chi connectivity index (χ3n) is 2.87. The van der Waals surface area contributed by atoms with Crippen molar-refractivity contribution in [3.63, 3.8) is 0 Å². The molecule has 2 N–H and O–H groups in total. The molecule has 2 rings (SSSR count). The second kappa shape index (κ2) is 8.38. The monoisotopic (exact) mass is 319 g/mol. The Bertz CT molecular complexity index is 619. The average Bonchev–Trinajstić information content (AvgIpc) is 2.50. The standard InChI is InChI=1S/C16H18FN3OS/c1-2-22-15-7-6-14(11-19-15)20-16(21)18-9-8-12-4-3-5-13(17)10-12/h3-7,10-11H,2,8-9H2,1H3,(H2,18,20,21). The molecule has 0 saturated carbocycles. The lowest BCUT2D eigenvalue weighted by Crippen LogP contribution is -2.30. The number of pyridine rings is 1. The third kappa shape index (κ3) is 5.37. The lowest BCUT2D eigenvalue weighted by Gasteiger charge is -2.08. The van der Waals surface area contributed by atoms with Gasteiger partial charge in [0.2, 0.25) is 0 Å². The first-order valence-electron chi connectivity index (χ1n) is 7.05. The molecule has 4 nitrogen and oxygen atoms in total. The van der Waals surface area contributed by atoms with Crippen LogP contribution in [0.2, 0.25) is 0 Å². The number of carbonyl (C=O) groups is 1. The number of nitrogens with one attached hydrogen (secondary N) is 2. The van der Waals surface area contributed by atoms with Crippen LogP contribution in [0, 0.1) is 5.82 Å². The Kier molecular flexibility index (Phi) is 6.21. The van der Waals surface area contributed by atoms with Gasteiger partial charge in [-0.1, -0.05) is 19.1 Å². The van der Waals surface area contributed by atoms with Gasteiger partial charge in [0.15, 0.2) is 0 Å². The quantitative estimate of drug-likeness (QED) is 0.798. The molecule has 0 saturated heterocycles. The van der Waals surface area contributed by atoms with Crippen molar-refractivity contribution in [2.45, 2.75) is 18.4 Å². The summed E-state index contributed by atoms with van der Waals surface area (Å²) in [5.41, 5.74) is 1.49. The Morgan fingerprint density at radius 2 is 2.18 bits per heavy atom. The Balaban J connectivity index is 1.75. The van der Waals surface area contributed by atoms with Gasteiger partial charge < -0.3 is 10.6 Å². The molecule has 2 amide bonds. The fourth-order valence-electron chi connectivity index (χ4n) is 1.88. The van der Waals surface area contributed by atoms with Crippen molar-refractivity contribution in [1.29, 1.82) is 0 Å². The number of hydrogen-bond donors (Lipinski definition) is 2. The summed E-state index contributed by atoms with van der Waals surface area (Å²) in [5.74, 6) is 0.693. The first-order chi connectivity index (χ1) is 10.7. The zero-order valence-electron chi connectivity index (χ0n) is 12.3. The van der Waals surface area contributed by atoms with Crippen molar-refractivity contribution in [2.75, 3.05) is 17.6 Å². The molecule has 1 aromatic carbocycles. The molecule has 116 valence electrons. The van der Waals surface area contributed by atoms with Crippen LogP contribution in [0.5, 0.6) is 0 Å². The van der Waals surface area contributed by atoms with Gasteiger partial charge in [0.1, 0.15) is 5.82 Å². The molecule has 1 heterocycles. The van der Waals surface area contributed by atoms with Crippen molar-refractivity contribution in [1.82, 2.24) is 10.3 Å². The highest BCUT2D eigenvalue weighted by Gasteiger charge is 2.02. The minimum absolute atomic E-state index is 0.266. The number of benzene rings is 1. The van der Waals surface area contributed by atoms with Gasteiger partial charge in [-0.15, -0.1) is 11.8 Å². The maximum Gasteiger partial charge on any atom is 0.319 e. The molecule has 0 atom stereocenters. The zero-order valence-corrected chi connectivity index (χ0v) is 13.1. The molecule has 0 aliphatic heterocycles. The van der Waals surface area contributed by atoms with E-state index in [0.717, 1.165) is 16.3 Å². The lowest BCUT2D eigenvalue weighted by molar-refractivity contribution is 0.252. The van der Waals surface area contributed by atoms with E-state index in [9.17, 15) is 9.18 Å². The number of halogens is 1. The largest absolute Gasteiger partial charge is 0.338 e. The highest BCUT2D eigenvalue weighted by atomic mass is 32.2. The van der Waals surface area contributed by atoms with Gasteiger partial charge in [-0.3, -0.25) is 0 Å². The maximum absolute atomic E-state index is 13.0. The van der Waals surface area contributed by atoms with E-state index < -0.39 is 0 Å². The highest BCUT2D eigenvalue weighted by Crippen LogP contribution is 2.16. The van der Waals surface area contributed by atoms with E-state index in [-0.39, 0.29) is 11.8 Å². The smallest absolute Gasteiger partial charge is 0.319 e. The van der Waals surface area contributed by atoms with Crippen LogP contribution in [0.15, 0.2) is 47.6 Å². The summed E-state index contributed by atoms with van der Waals surface area (Å²) < 4.78 is 13.0. The van der Waals surface area contributed by atoms with Gasteiger partial charge in [-0.25, -0.2) is 14.2 Å². The second-order valence-electron chi connectivity index (χ2n) is 4.58. The minimum Gasteiger partial charge on any atom is -0.338 e. The van der Waals surface area contributed by atoms with Gasteiger partial charge in [-0.05, 0) is 42.0 Å². The predicted octanol–water partition coefficient (Wildman–Crippen LogP) is 3.70. The van der Waals surface area contributed by atoms with Crippen LogP contribution in [-0.4, -0.2) is 23.3 Å². The number of hydrogen-bond acceptors (Lipinski definition) is 3. The molecule has 0 unspecified atom stereocenters. The van der Waals surface area contributed by atoms with Crippen molar-refractivity contribution in [3.8, 4) is 0 Å². The summed E-state index contributed by atoms with van der Waals surface area (Å²) >= 11 is 1.65. The fourth-order valence-corrected chi connectivity index (χ4v) is 2.46. The Hall–Kier alpha value is -2.08. The first kappa shape index (κ1) is 16.3. The summed E-state index contributed by atoms with van der Waals surface area (Å²) in [4.78, 5) is 16.0. The summed E-state index contributed by atoms with van der Waals surface area (Å²) in [7, 11) is 0. The SMILES string of the molecule is CCSc1ccc(NC(=O)NCCc2cccc(F)c2)cn1. The molecular formula is C16H18FN3OS. The molecule has 0 spiro atoms. The van der Waals surface area contributed by atoms with E-state index in [4.69, 9.17) is 0 Å². The normalized spacial score (nSPS) is 10.3. The van der Waals surface area contributed by atoms with Crippen molar-refractivity contribution >= 4 is 23.5 Å². The summed E-state index contributed by atoms with van der Waals surface area (Å²) in [6.07, 6.45) is 2.21. The van der Waals surface area contributed by atoms with E-state index >= 15 is 0 Å². The average molecular weight is 319 g/mol. The molecule has 0 aliphatic carbocycles. The maximum atomic E-state index is 13.0. The molecule has 0 bridgehead atoms.